The molecule has 3 heterocycles. The fraction of sp³-hybridized carbons (Fsp3) is 0.600. The molecule has 2 aromatic heterocycles. The maximum absolute atomic E-state index is 6.29. The number of fused-ring (bicyclic) bond motifs is 1. The molecule has 108 valence electrons. The van der Waals surface area contributed by atoms with Crippen LogP contribution in [-0.2, 0) is 11.3 Å². The molecule has 4 nitrogen and oxygen atoms in total. The van der Waals surface area contributed by atoms with Gasteiger partial charge in [-0.3, -0.25) is 0 Å². The van der Waals surface area contributed by atoms with Gasteiger partial charge in [0.15, 0.2) is 5.65 Å². The zero-order valence-corrected chi connectivity index (χ0v) is 12.7. The molecule has 0 aliphatic carbocycles. The second kappa shape index (κ2) is 5.70. The maximum Gasteiger partial charge on any atom is 0.160 e. The molecule has 1 saturated heterocycles. The molecule has 0 bridgehead atoms. The lowest BCUT2D eigenvalue weighted by atomic mass is 10.1. The number of ether oxygens (including phenoxy) is 1. The Morgan fingerprint density at radius 3 is 3.05 bits per heavy atom. The van der Waals surface area contributed by atoms with Gasteiger partial charge in [0, 0.05) is 12.8 Å². The van der Waals surface area contributed by atoms with E-state index in [4.69, 9.17) is 16.3 Å². The molecule has 0 saturated carbocycles. The van der Waals surface area contributed by atoms with Crippen molar-refractivity contribution in [2.45, 2.75) is 51.1 Å². The van der Waals surface area contributed by atoms with Gasteiger partial charge in [-0.05, 0) is 44.7 Å². The second-order valence-corrected chi connectivity index (χ2v) is 6.20. The number of pyridine rings is 1. The summed E-state index contributed by atoms with van der Waals surface area (Å²) in [6.45, 7) is 5.63. The SMILES string of the molecule is Cc1cnc2c(c1)nc(C(C)Cl)n2CC1CCCCO1. The number of hydrogen-bond acceptors (Lipinski definition) is 3. The lowest BCUT2D eigenvalue weighted by Crippen LogP contribution is -2.25. The molecule has 1 aliphatic heterocycles. The lowest BCUT2D eigenvalue weighted by Gasteiger charge is -2.24. The van der Waals surface area contributed by atoms with Crippen molar-refractivity contribution in [2.75, 3.05) is 6.61 Å². The number of hydrogen-bond donors (Lipinski definition) is 0. The average Bonchev–Trinajstić information content (AvgIpc) is 2.78. The first kappa shape index (κ1) is 13.8. The number of nitrogens with zero attached hydrogens (tertiary/aromatic N) is 3. The molecule has 1 fully saturated rings. The Morgan fingerprint density at radius 1 is 1.50 bits per heavy atom. The first-order valence-corrected chi connectivity index (χ1v) is 7.67. The smallest absolute Gasteiger partial charge is 0.160 e. The molecular formula is C15H20ClN3O. The zero-order chi connectivity index (χ0) is 14.1. The minimum Gasteiger partial charge on any atom is -0.376 e. The minimum absolute atomic E-state index is 0.131. The van der Waals surface area contributed by atoms with Gasteiger partial charge in [-0.25, -0.2) is 9.97 Å². The number of aryl methyl sites for hydroxylation is 1. The van der Waals surface area contributed by atoms with E-state index < -0.39 is 0 Å². The van der Waals surface area contributed by atoms with E-state index in [0.717, 1.165) is 48.5 Å². The summed E-state index contributed by atoms with van der Waals surface area (Å²) >= 11 is 6.29. The molecule has 0 spiro atoms. The van der Waals surface area contributed by atoms with E-state index in [1.54, 1.807) is 0 Å². The summed E-state index contributed by atoms with van der Waals surface area (Å²) in [7, 11) is 0. The predicted molar refractivity (Wildman–Crippen MR) is 80.1 cm³/mol. The van der Waals surface area contributed by atoms with Gasteiger partial charge in [-0.15, -0.1) is 11.6 Å². The van der Waals surface area contributed by atoms with Crippen LogP contribution in [0.5, 0.6) is 0 Å². The van der Waals surface area contributed by atoms with Gasteiger partial charge < -0.3 is 9.30 Å². The summed E-state index contributed by atoms with van der Waals surface area (Å²) in [6, 6.07) is 2.06. The van der Waals surface area contributed by atoms with Gasteiger partial charge in [0.25, 0.3) is 0 Å². The highest BCUT2D eigenvalue weighted by atomic mass is 35.5. The molecule has 2 atom stereocenters. The molecule has 0 radical (unpaired) electrons. The van der Waals surface area contributed by atoms with E-state index in [0.29, 0.717) is 0 Å². The minimum atomic E-state index is -0.131. The average molecular weight is 294 g/mol. The Morgan fingerprint density at radius 2 is 2.35 bits per heavy atom. The summed E-state index contributed by atoms with van der Waals surface area (Å²) < 4.78 is 7.97. The standard InChI is InChI=1S/C15H20ClN3O/c1-10-7-13-15(17-8-10)19(14(18-13)11(2)16)9-12-5-3-4-6-20-12/h7-8,11-12H,3-6,9H2,1-2H3. The predicted octanol–water partition coefficient (Wildman–Crippen LogP) is 3.61. The van der Waals surface area contributed by atoms with Gasteiger partial charge in [0.1, 0.15) is 11.3 Å². The molecule has 1 aliphatic rings. The summed E-state index contributed by atoms with van der Waals surface area (Å²) in [5.41, 5.74) is 2.94. The Labute approximate surface area is 124 Å². The Kier molecular flexibility index (Phi) is 3.94. The van der Waals surface area contributed by atoms with Crippen molar-refractivity contribution in [3.8, 4) is 0 Å². The zero-order valence-electron chi connectivity index (χ0n) is 12.0. The molecule has 5 heteroatoms. The third-order valence-corrected chi connectivity index (χ3v) is 3.96. The first-order valence-electron chi connectivity index (χ1n) is 7.23. The summed E-state index contributed by atoms with van der Waals surface area (Å²) in [4.78, 5) is 9.19. The maximum atomic E-state index is 6.29. The highest BCUT2D eigenvalue weighted by molar-refractivity contribution is 6.20. The van der Waals surface area contributed by atoms with E-state index >= 15 is 0 Å². The van der Waals surface area contributed by atoms with Crippen LogP contribution < -0.4 is 0 Å². The molecule has 20 heavy (non-hydrogen) atoms. The van der Waals surface area contributed by atoms with Gasteiger partial charge in [0.2, 0.25) is 0 Å². The molecule has 2 aromatic rings. The fourth-order valence-corrected chi connectivity index (χ4v) is 2.93. The molecule has 3 rings (SSSR count). The monoisotopic (exact) mass is 293 g/mol. The van der Waals surface area contributed by atoms with E-state index in [-0.39, 0.29) is 11.5 Å². The van der Waals surface area contributed by atoms with Crippen LogP contribution in [0.2, 0.25) is 0 Å². The van der Waals surface area contributed by atoms with Crippen LogP contribution in [0.4, 0.5) is 0 Å². The van der Waals surface area contributed by atoms with E-state index in [1.807, 2.05) is 20.0 Å². The number of imidazole rings is 1. The molecule has 0 aromatic carbocycles. The van der Waals surface area contributed by atoms with Crippen molar-refractivity contribution >= 4 is 22.8 Å². The van der Waals surface area contributed by atoms with Crippen LogP contribution >= 0.6 is 11.6 Å². The topological polar surface area (TPSA) is 39.9 Å². The number of aromatic nitrogens is 3. The van der Waals surface area contributed by atoms with Gasteiger partial charge in [0.05, 0.1) is 18.0 Å². The van der Waals surface area contributed by atoms with E-state index in [9.17, 15) is 0 Å². The van der Waals surface area contributed by atoms with Gasteiger partial charge in [-0.1, -0.05) is 0 Å². The van der Waals surface area contributed by atoms with Crippen molar-refractivity contribution in [1.82, 2.24) is 14.5 Å². The molecular weight excluding hydrogens is 274 g/mol. The Balaban J connectivity index is 1.99. The van der Waals surface area contributed by atoms with Crippen LogP contribution in [0.3, 0.4) is 0 Å². The second-order valence-electron chi connectivity index (χ2n) is 5.54. The number of halogens is 1. The Hall–Kier alpha value is -1.13. The highest BCUT2D eigenvalue weighted by Crippen LogP contribution is 2.26. The quantitative estimate of drug-likeness (QED) is 0.812. The third kappa shape index (κ3) is 2.67. The summed E-state index contributed by atoms with van der Waals surface area (Å²) in [5.74, 6) is 0.883. The molecule has 0 N–H and O–H groups in total. The molecule has 0 amide bonds. The van der Waals surface area contributed by atoms with Crippen LogP contribution in [0, 0.1) is 6.92 Å². The van der Waals surface area contributed by atoms with Crippen molar-refractivity contribution in [3.63, 3.8) is 0 Å². The third-order valence-electron chi connectivity index (χ3n) is 3.77. The van der Waals surface area contributed by atoms with E-state index in [1.165, 1.54) is 6.42 Å². The highest BCUT2D eigenvalue weighted by Gasteiger charge is 2.21. The number of rotatable bonds is 3. The van der Waals surface area contributed by atoms with Crippen molar-refractivity contribution in [1.29, 1.82) is 0 Å². The lowest BCUT2D eigenvalue weighted by molar-refractivity contribution is 0.00610. The van der Waals surface area contributed by atoms with Crippen molar-refractivity contribution in [2.24, 2.45) is 0 Å². The first-order chi connectivity index (χ1) is 9.65. The largest absolute Gasteiger partial charge is 0.376 e. The van der Waals surface area contributed by atoms with Crippen LogP contribution in [0.25, 0.3) is 11.2 Å². The van der Waals surface area contributed by atoms with E-state index in [2.05, 4.69) is 20.6 Å². The summed E-state index contributed by atoms with van der Waals surface area (Å²) in [6.07, 6.45) is 5.62. The summed E-state index contributed by atoms with van der Waals surface area (Å²) in [5, 5.41) is -0.131. The fourth-order valence-electron chi connectivity index (χ4n) is 2.77. The number of alkyl halides is 1. The van der Waals surface area contributed by atoms with Crippen LogP contribution in [-0.4, -0.2) is 27.2 Å². The normalized spacial score (nSPS) is 21.2. The van der Waals surface area contributed by atoms with Crippen molar-refractivity contribution in [3.05, 3.63) is 23.7 Å². The van der Waals surface area contributed by atoms with Crippen LogP contribution in [0.1, 0.15) is 43.0 Å². The van der Waals surface area contributed by atoms with Crippen molar-refractivity contribution < 1.29 is 4.74 Å². The van der Waals surface area contributed by atoms with Gasteiger partial charge in [-0.2, -0.15) is 0 Å². The van der Waals surface area contributed by atoms with Crippen LogP contribution in [0.15, 0.2) is 12.3 Å². The Bertz CT molecular complexity index is 602. The molecule has 2 unspecified atom stereocenters. The van der Waals surface area contributed by atoms with Gasteiger partial charge >= 0.3 is 0 Å².